The molecule has 0 aliphatic heterocycles. The number of nitrogens with zero attached hydrogens (tertiary/aromatic N) is 2. The van der Waals surface area contributed by atoms with Crippen LogP contribution in [0, 0.1) is 0 Å². The molecule has 1 aromatic heterocycles. The van der Waals surface area contributed by atoms with E-state index < -0.39 is 6.09 Å². The summed E-state index contributed by atoms with van der Waals surface area (Å²) in [6.45, 7) is 5.08. The summed E-state index contributed by atoms with van der Waals surface area (Å²) in [6.07, 6.45) is 3.90. The van der Waals surface area contributed by atoms with E-state index in [-0.39, 0.29) is 24.6 Å². The summed E-state index contributed by atoms with van der Waals surface area (Å²) < 4.78 is 6.27. The molecule has 2 amide bonds. The van der Waals surface area contributed by atoms with Crippen molar-refractivity contribution in [2.24, 2.45) is 0 Å². The molecule has 184 valence electrons. The van der Waals surface area contributed by atoms with Gasteiger partial charge in [-0.15, -0.1) is 0 Å². The van der Waals surface area contributed by atoms with Gasteiger partial charge < -0.3 is 10.1 Å². The van der Waals surface area contributed by atoms with Gasteiger partial charge in [0.15, 0.2) is 0 Å². The summed E-state index contributed by atoms with van der Waals surface area (Å²) in [4.78, 5) is 36.4. The Morgan fingerprint density at radius 1 is 0.971 bits per heavy atom. The molecular weight excluding hydrogens is 444 g/mol. The summed E-state index contributed by atoms with van der Waals surface area (Å²) in [5.41, 5.74) is 3.15. The Bertz CT molecular complexity index is 1190. The number of hydrogen-bond donors (Lipinski definition) is 2. The maximum atomic E-state index is 12.4. The van der Waals surface area contributed by atoms with Gasteiger partial charge in [0.1, 0.15) is 0 Å². The number of carbonyl (C=O) groups excluding carboxylic acids is 2. The van der Waals surface area contributed by atoms with E-state index in [4.69, 9.17) is 4.74 Å². The lowest BCUT2D eigenvalue weighted by molar-refractivity contribution is 0.0953. The number of carbonyl (C=O) groups is 2. The fourth-order valence-corrected chi connectivity index (χ4v) is 3.57. The van der Waals surface area contributed by atoms with Crippen LogP contribution in [0.2, 0.25) is 0 Å². The summed E-state index contributed by atoms with van der Waals surface area (Å²) in [7, 11) is 0. The van der Waals surface area contributed by atoms with Crippen LogP contribution >= 0.6 is 0 Å². The smallest absolute Gasteiger partial charge is 0.411 e. The van der Waals surface area contributed by atoms with Crippen LogP contribution in [0.25, 0.3) is 11.3 Å². The molecule has 0 bridgehead atoms. The molecule has 8 nitrogen and oxygen atoms in total. The molecule has 0 unspecified atom stereocenters. The third-order valence-electron chi connectivity index (χ3n) is 5.41. The molecule has 0 saturated carbocycles. The van der Waals surface area contributed by atoms with Crippen molar-refractivity contribution in [1.29, 1.82) is 0 Å². The minimum absolute atomic E-state index is 0.0951. The lowest BCUT2D eigenvalue weighted by atomic mass is 10.1. The minimum atomic E-state index is -0.532. The molecule has 0 atom stereocenters. The Morgan fingerprint density at radius 3 is 2.51 bits per heavy atom. The number of ether oxygens (including phenoxy) is 1. The van der Waals surface area contributed by atoms with Crippen molar-refractivity contribution in [3.05, 3.63) is 82.1 Å². The fourth-order valence-electron chi connectivity index (χ4n) is 3.57. The normalized spacial score (nSPS) is 10.6. The molecular formula is C27H32N4O4. The molecule has 3 rings (SSSR count). The molecule has 0 spiro atoms. The molecule has 2 aromatic carbocycles. The lowest BCUT2D eigenvalue weighted by Crippen LogP contribution is -2.24. The second-order valence-corrected chi connectivity index (χ2v) is 8.15. The standard InChI is InChI=1S/C27H32N4O4/c1-3-5-6-7-17-28-26(33)22-13-11-21(12-14-22)24-15-16-25(32)31(30-24)19-20-9-8-10-23(18-20)29-27(34)35-4-2/h8-16,18H,3-7,17,19H2,1-2H3,(H,28,33)(H,29,34). The molecule has 0 radical (unpaired) electrons. The van der Waals surface area contributed by atoms with Gasteiger partial charge in [0, 0.05) is 29.4 Å². The lowest BCUT2D eigenvalue weighted by Gasteiger charge is -2.10. The maximum Gasteiger partial charge on any atom is 0.411 e. The van der Waals surface area contributed by atoms with Crippen LogP contribution in [0.5, 0.6) is 0 Å². The van der Waals surface area contributed by atoms with Gasteiger partial charge in [-0.25, -0.2) is 9.48 Å². The van der Waals surface area contributed by atoms with Gasteiger partial charge in [-0.2, -0.15) is 5.10 Å². The predicted octanol–water partition coefficient (Wildman–Crippen LogP) is 4.84. The molecule has 0 fully saturated rings. The topological polar surface area (TPSA) is 102 Å². The highest BCUT2D eigenvalue weighted by Gasteiger charge is 2.09. The number of unbranched alkanes of at least 4 members (excludes halogenated alkanes) is 3. The van der Waals surface area contributed by atoms with Gasteiger partial charge in [-0.05, 0) is 49.2 Å². The number of aromatic nitrogens is 2. The SMILES string of the molecule is CCCCCCNC(=O)c1ccc(-c2ccc(=O)n(Cc3cccc(NC(=O)OCC)c3)n2)cc1. The van der Waals surface area contributed by atoms with Crippen LogP contribution < -0.4 is 16.2 Å². The predicted molar refractivity (Wildman–Crippen MR) is 137 cm³/mol. The number of hydrogen-bond acceptors (Lipinski definition) is 5. The van der Waals surface area contributed by atoms with Crippen LogP contribution in [-0.2, 0) is 11.3 Å². The van der Waals surface area contributed by atoms with Crippen molar-refractivity contribution >= 4 is 17.7 Å². The van der Waals surface area contributed by atoms with E-state index in [9.17, 15) is 14.4 Å². The number of amides is 2. The number of anilines is 1. The molecule has 2 N–H and O–H groups in total. The number of benzene rings is 2. The van der Waals surface area contributed by atoms with Gasteiger partial charge in [0.25, 0.3) is 11.5 Å². The zero-order valence-corrected chi connectivity index (χ0v) is 20.3. The Balaban J connectivity index is 1.68. The summed E-state index contributed by atoms with van der Waals surface area (Å²) in [6, 6.07) is 17.5. The Morgan fingerprint density at radius 2 is 1.77 bits per heavy atom. The van der Waals surface area contributed by atoms with E-state index in [0.717, 1.165) is 30.4 Å². The molecule has 35 heavy (non-hydrogen) atoms. The molecule has 0 aliphatic carbocycles. The first-order valence-electron chi connectivity index (χ1n) is 12.0. The van der Waals surface area contributed by atoms with Crippen molar-refractivity contribution in [1.82, 2.24) is 15.1 Å². The summed E-state index contributed by atoms with van der Waals surface area (Å²) in [5.74, 6) is -0.0951. The molecule has 3 aromatic rings. The molecule has 0 aliphatic rings. The quantitative estimate of drug-likeness (QED) is 0.386. The maximum absolute atomic E-state index is 12.4. The second kappa shape index (κ2) is 13.1. The van der Waals surface area contributed by atoms with Gasteiger partial charge in [0.2, 0.25) is 0 Å². The largest absolute Gasteiger partial charge is 0.450 e. The second-order valence-electron chi connectivity index (χ2n) is 8.15. The third kappa shape index (κ3) is 7.81. The van der Waals surface area contributed by atoms with E-state index in [1.54, 1.807) is 43.3 Å². The highest BCUT2D eigenvalue weighted by Crippen LogP contribution is 2.17. The summed E-state index contributed by atoms with van der Waals surface area (Å²) in [5, 5.41) is 10.1. The van der Waals surface area contributed by atoms with E-state index in [2.05, 4.69) is 22.7 Å². The Hall–Kier alpha value is -3.94. The van der Waals surface area contributed by atoms with E-state index in [1.807, 2.05) is 18.2 Å². The van der Waals surface area contributed by atoms with Crippen LogP contribution in [0.3, 0.4) is 0 Å². The van der Waals surface area contributed by atoms with Gasteiger partial charge in [-0.3, -0.25) is 14.9 Å². The summed E-state index contributed by atoms with van der Waals surface area (Å²) >= 11 is 0. The molecule has 1 heterocycles. The Kier molecular flexibility index (Phi) is 9.59. The minimum Gasteiger partial charge on any atom is -0.450 e. The average molecular weight is 477 g/mol. The first-order valence-corrected chi connectivity index (χ1v) is 12.0. The van der Waals surface area contributed by atoms with E-state index in [1.165, 1.54) is 17.2 Å². The fraction of sp³-hybridized carbons (Fsp3) is 0.333. The van der Waals surface area contributed by atoms with Crippen molar-refractivity contribution in [2.45, 2.75) is 46.1 Å². The van der Waals surface area contributed by atoms with Gasteiger partial charge in [-0.1, -0.05) is 50.5 Å². The zero-order valence-electron chi connectivity index (χ0n) is 20.3. The average Bonchev–Trinajstić information content (AvgIpc) is 2.85. The van der Waals surface area contributed by atoms with Crippen LogP contribution in [0.4, 0.5) is 10.5 Å². The first kappa shape index (κ1) is 25.7. The third-order valence-corrected chi connectivity index (χ3v) is 5.41. The molecule has 0 saturated heterocycles. The van der Waals surface area contributed by atoms with E-state index >= 15 is 0 Å². The number of nitrogens with one attached hydrogen (secondary N) is 2. The van der Waals surface area contributed by atoms with Crippen LogP contribution in [0.15, 0.2) is 65.5 Å². The van der Waals surface area contributed by atoms with Crippen LogP contribution in [-0.4, -0.2) is 34.9 Å². The highest BCUT2D eigenvalue weighted by atomic mass is 16.5. The van der Waals surface area contributed by atoms with Crippen molar-refractivity contribution in [3.63, 3.8) is 0 Å². The van der Waals surface area contributed by atoms with Gasteiger partial charge in [0.05, 0.1) is 18.8 Å². The van der Waals surface area contributed by atoms with Gasteiger partial charge >= 0.3 is 6.09 Å². The van der Waals surface area contributed by atoms with Crippen molar-refractivity contribution in [2.75, 3.05) is 18.5 Å². The highest BCUT2D eigenvalue weighted by molar-refractivity contribution is 5.94. The first-order chi connectivity index (χ1) is 17.0. The monoisotopic (exact) mass is 476 g/mol. The number of rotatable bonds is 11. The zero-order chi connectivity index (χ0) is 25.0. The van der Waals surface area contributed by atoms with Crippen molar-refractivity contribution in [3.8, 4) is 11.3 Å². The molecule has 8 heteroatoms. The van der Waals surface area contributed by atoms with Crippen LogP contribution in [0.1, 0.15) is 55.5 Å². The Labute approximate surface area is 205 Å². The van der Waals surface area contributed by atoms with Crippen molar-refractivity contribution < 1.29 is 14.3 Å². The van der Waals surface area contributed by atoms with E-state index in [0.29, 0.717) is 23.5 Å².